The fourth-order valence-corrected chi connectivity index (χ4v) is 1.89. The quantitative estimate of drug-likeness (QED) is 0.800. The van der Waals surface area contributed by atoms with Crippen LogP contribution in [0.2, 0.25) is 0 Å². The number of carbonyl (C=O) groups excluding carboxylic acids is 2. The molecule has 3 aromatic rings. The summed E-state index contributed by atoms with van der Waals surface area (Å²) in [5.74, 6) is 0.224. The molecule has 0 aliphatic heterocycles. The van der Waals surface area contributed by atoms with Crippen LogP contribution in [0.15, 0.2) is 54.7 Å². The second kappa shape index (κ2) is 8.21. The molecule has 6 nitrogen and oxygen atoms in total. The summed E-state index contributed by atoms with van der Waals surface area (Å²) >= 11 is 0. The highest BCUT2D eigenvalue weighted by atomic mass is 19.1. The van der Waals surface area contributed by atoms with Crippen LogP contribution in [0.3, 0.4) is 0 Å². The van der Waals surface area contributed by atoms with Crippen LogP contribution < -0.4 is 4.74 Å². The predicted octanol–water partition coefficient (Wildman–Crippen LogP) is 2.61. The summed E-state index contributed by atoms with van der Waals surface area (Å²) in [6.07, 6.45) is 1.76. The number of aromatic nitrogens is 3. The van der Waals surface area contributed by atoms with Crippen molar-refractivity contribution in [2.45, 2.75) is 6.61 Å². The molecular formula is C16H12FN3O3. The third-order valence-electron chi connectivity index (χ3n) is 2.92. The number of nitrogens with one attached hydrogen (secondary N) is 1. The molecule has 0 aliphatic carbocycles. The van der Waals surface area contributed by atoms with Gasteiger partial charge in [-0.25, -0.2) is 4.39 Å². The van der Waals surface area contributed by atoms with E-state index in [4.69, 9.17) is 14.3 Å². The first kappa shape index (κ1) is 16.1. The Morgan fingerprint density at radius 3 is 2.39 bits per heavy atom. The summed E-state index contributed by atoms with van der Waals surface area (Å²) in [5.41, 5.74) is 2.41. The minimum atomic E-state index is -0.223. The fourth-order valence-electron chi connectivity index (χ4n) is 1.89. The maximum Gasteiger partial charge on any atom is 0.373 e. The average molecular weight is 313 g/mol. The summed E-state index contributed by atoms with van der Waals surface area (Å²) in [5, 5.41) is 9.93. The van der Waals surface area contributed by atoms with Crippen LogP contribution in [0, 0.1) is 5.82 Å². The predicted molar refractivity (Wildman–Crippen MR) is 77.6 cm³/mol. The van der Waals surface area contributed by atoms with Crippen LogP contribution in [0.4, 0.5) is 4.39 Å². The zero-order valence-electron chi connectivity index (χ0n) is 11.9. The molecule has 1 heterocycles. The SMILES string of the molecule is Fc1ccccc1-c1ccc(COc2cn[nH]n2)cc1.O=C=O. The topological polar surface area (TPSA) is 84.9 Å². The van der Waals surface area contributed by atoms with Crippen molar-refractivity contribution in [2.24, 2.45) is 0 Å². The average Bonchev–Trinajstić information content (AvgIpc) is 3.08. The van der Waals surface area contributed by atoms with Gasteiger partial charge >= 0.3 is 6.15 Å². The van der Waals surface area contributed by atoms with Gasteiger partial charge < -0.3 is 4.74 Å². The third-order valence-corrected chi connectivity index (χ3v) is 2.92. The van der Waals surface area contributed by atoms with Gasteiger partial charge in [0, 0.05) is 5.56 Å². The van der Waals surface area contributed by atoms with E-state index in [-0.39, 0.29) is 12.0 Å². The summed E-state index contributed by atoms with van der Waals surface area (Å²) in [7, 11) is 0. The maximum absolute atomic E-state index is 13.7. The van der Waals surface area contributed by atoms with Gasteiger partial charge in [-0.2, -0.15) is 19.9 Å². The van der Waals surface area contributed by atoms with Crippen LogP contribution in [0.5, 0.6) is 5.88 Å². The summed E-state index contributed by atoms with van der Waals surface area (Å²) in [6.45, 7) is 0.393. The molecule has 0 aliphatic rings. The Kier molecular flexibility index (Phi) is 5.74. The molecule has 1 aromatic heterocycles. The molecule has 0 bridgehead atoms. The number of benzene rings is 2. The molecule has 0 radical (unpaired) electrons. The molecule has 3 rings (SSSR count). The number of hydrogen-bond acceptors (Lipinski definition) is 5. The Morgan fingerprint density at radius 2 is 1.78 bits per heavy atom. The number of aromatic amines is 1. The smallest absolute Gasteiger partial charge is 0.373 e. The number of hydrogen-bond donors (Lipinski definition) is 1. The summed E-state index contributed by atoms with van der Waals surface area (Å²) < 4.78 is 19.1. The molecule has 7 heteroatoms. The Balaban J connectivity index is 0.000000595. The molecule has 2 aromatic carbocycles. The number of ether oxygens (including phenoxy) is 1. The Bertz CT molecular complexity index is 768. The Morgan fingerprint density at radius 1 is 1.09 bits per heavy atom. The van der Waals surface area contributed by atoms with Gasteiger partial charge in [-0.15, -0.1) is 5.10 Å². The van der Waals surface area contributed by atoms with Gasteiger partial charge in [-0.3, -0.25) is 0 Å². The van der Waals surface area contributed by atoms with E-state index in [0.717, 1.165) is 11.1 Å². The van der Waals surface area contributed by atoms with Crippen LogP contribution >= 0.6 is 0 Å². The van der Waals surface area contributed by atoms with Gasteiger partial charge in [-0.1, -0.05) is 42.5 Å². The lowest BCUT2D eigenvalue weighted by Crippen LogP contribution is -1.95. The van der Waals surface area contributed by atoms with Crippen molar-refractivity contribution in [2.75, 3.05) is 0 Å². The number of halogens is 1. The molecule has 1 N–H and O–H groups in total. The number of H-pyrrole nitrogens is 1. The first-order valence-corrected chi connectivity index (χ1v) is 6.56. The van der Waals surface area contributed by atoms with Crippen molar-refractivity contribution in [3.05, 3.63) is 66.1 Å². The van der Waals surface area contributed by atoms with E-state index in [9.17, 15) is 4.39 Å². The first-order chi connectivity index (χ1) is 11.2. The molecule has 0 saturated heterocycles. The number of nitrogens with zero attached hydrogens (tertiary/aromatic N) is 2. The van der Waals surface area contributed by atoms with Crippen LogP contribution in [-0.4, -0.2) is 21.6 Å². The van der Waals surface area contributed by atoms with E-state index in [1.54, 1.807) is 12.1 Å². The summed E-state index contributed by atoms with van der Waals surface area (Å²) in [4.78, 5) is 16.2. The lowest BCUT2D eigenvalue weighted by molar-refractivity contribution is -0.191. The summed E-state index contributed by atoms with van der Waals surface area (Å²) in [6, 6.07) is 14.3. The lowest BCUT2D eigenvalue weighted by atomic mass is 10.0. The van der Waals surface area contributed by atoms with Crippen LogP contribution in [0.25, 0.3) is 11.1 Å². The second-order valence-electron chi connectivity index (χ2n) is 4.36. The highest BCUT2D eigenvalue weighted by molar-refractivity contribution is 5.64. The van der Waals surface area contributed by atoms with Crippen molar-refractivity contribution >= 4 is 6.15 Å². The molecule has 0 fully saturated rings. The van der Waals surface area contributed by atoms with Gasteiger partial charge in [0.25, 0.3) is 5.88 Å². The van der Waals surface area contributed by atoms with Crippen molar-refractivity contribution in [3.8, 4) is 17.0 Å². The molecule has 0 unspecified atom stereocenters. The zero-order valence-corrected chi connectivity index (χ0v) is 11.9. The molecule has 23 heavy (non-hydrogen) atoms. The van der Waals surface area contributed by atoms with Crippen molar-refractivity contribution in [3.63, 3.8) is 0 Å². The normalized spacial score (nSPS) is 9.43. The maximum atomic E-state index is 13.7. The van der Waals surface area contributed by atoms with E-state index < -0.39 is 0 Å². The molecule has 116 valence electrons. The van der Waals surface area contributed by atoms with E-state index in [1.807, 2.05) is 30.3 Å². The standard InChI is InChI=1S/C15H12FN3O.CO2/c16-14-4-2-1-3-13(14)12-7-5-11(6-8-12)10-20-15-9-17-19-18-15;2-1-3/h1-9H,10H2,(H,17,18,19);. The molecule has 0 amide bonds. The molecule has 0 saturated carbocycles. The second-order valence-corrected chi connectivity index (χ2v) is 4.36. The molecule has 0 atom stereocenters. The zero-order chi connectivity index (χ0) is 16.5. The fraction of sp³-hybridized carbons (Fsp3) is 0.0625. The van der Waals surface area contributed by atoms with Crippen molar-refractivity contribution < 1.29 is 18.7 Å². The largest absolute Gasteiger partial charge is 0.471 e. The van der Waals surface area contributed by atoms with Gasteiger partial charge in [0.1, 0.15) is 18.6 Å². The van der Waals surface area contributed by atoms with E-state index >= 15 is 0 Å². The highest BCUT2D eigenvalue weighted by Gasteiger charge is 2.04. The van der Waals surface area contributed by atoms with Gasteiger partial charge in [-0.05, 0) is 17.2 Å². The molecule has 0 spiro atoms. The monoisotopic (exact) mass is 313 g/mol. The minimum Gasteiger partial charge on any atom is -0.471 e. The van der Waals surface area contributed by atoms with Crippen LogP contribution in [-0.2, 0) is 16.2 Å². The lowest BCUT2D eigenvalue weighted by Gasteiger charge is -2.06. The highest BCUT2D eigenvalue weighted by Crippen LogP contribution is 2.22. The van der Waals surface area contributed by atoms with Crippen molar-refractivity contribution in [1.82, 2.24) is 15.4 Å². The van der Waals surface area contributed by atoms with E-state index in [1.165, 1.54) is 12.3 Å². The third kappa shape index (κ3) is 4.59. The Labute approximate surface area is 130 Å². The van der Waals surface area contributed by atoms with Crippen LogP contribution in [0.1, 0.15) is 5.56 Å². The van der Waals surface area contributed by atoms with Gasteiger partial charge in [0.05, 0.1) is 0 Å². The Hall–Kier alpha value is -3.31. The first-order valence-electron chi connectivity index (χ1n) is 6.56. The number of rotatable bonds is 4. The van der Waals surface area contributed by atoms with Gasteiger partial charge in [0.2, 0.25) is 0 Å². The molecular weight excluding hydrogens is 301 g/mol. The van der Waals surface area contributed by atoms with Crippen molar-refractivity contribution in [1.29, 1.82) is 0 Å². The minimum absolute atomic E-state index is 0.223. The van der Waals surface area contributed by atoms with E-state index in [0.29, 0.717) is 18.1 Å². The van der Waals surface area contributed by atoms with Gasteiger partial charge in [0.15, 0.2) is 0 Å². The van der Waals surface area contributed by atoms with E-state index in [2.05, 4.69) is 15.4 Å².